The number of para-hydroxylation sites is 1. The molecular formula is C17H16N4O2. The summed E-state index contributed by atoms with van der Waals surface area (Å²) in [5, 5.41) is 8.32. The van der Waals surface area contributed by atoms with E-state index >= 15 is 0 Å². The van der Waals surface area contributed by atoms with E-state index in [1.54, 1.807) is 29.2 Å². The zero-order chi connectivity index (χ0) is 16.2. The van der Waals surface area contributed by atoms with E-state index in [0.717, 1.165) is 10.4 Å². The number of carbonyl (C=O) groups is 1. The maximum Gasteiger partial charge on any atom is 0.278 e. The molecule has 6 heteroatoms. The molecule has 23 heavy (non-hydrogen) atoms. The average Bonchev–Trinajstić information content (AvgIpc) is 2.59. The van der Waals surface area contributed by atoms with Crippen molar-refractivity contribution in [3.05, 3.63) is 65.0 Å². The summed E-state index contributed by atoms with van der Waals surface area (Å²) in [7, 11) is 0. The molecule has 6 nitrogen and oxygen atoms in total. The molecule has 2 aromatic carbocycles. The third kappa shape index (κ3) is 2.96. The number of benzene rings is 2. The highest BCUT2D eigenvalue weighted by Crippen LogP contribution is 2.13. The van der Waals surface area contributed by atoms with E-state index in [1.165, 1.54) is 0 Å². The third-order valence-corrected chi connectivity index (χ3v) is 3.60. The second-order valence-electron chi connectivity index (χ2n) is 5.04. The SMILES string of the molecule is CCN(C(=O)Cn1nnc2ccccc2c1=O)c1ccccc1. The summed E-state index contributed by atoms with van der Waals surface area (Å²) in [6, 6.07) is 16.3. The molecule has 3 aromatic rings. The molecule has 0 bridgehead atoms. The van der Waals surface area contributed by atoms with Crippen LogP contribution in [0.5, 0.6) is 0 Å². The number of hydrogen-bond donors (Lipinski definition) is 0. The smallest absolute Gasteiger partial charge is 0.278 e. The fraction of sp³-hybridized carbons (Fsp3) is 0.176. The summed E-state index contributed by atoms with van der Waals surface area (Å²) in [6.07, 6.45) is 0. The van der Waals surface area contributed by atoms with Gasteiger partial charge in [0, 0.05) is 12.2 Å². The second kappa shape index (κ2) is 6.39. The van der Waals surface area contributed by atoms with Crippen LogP contribution >= 0.6 is 0 Å². The number of amides is 1. The molecule has 0 aliphatic rings. The van der Waals surface area contributed by atoms with E-state index in [-0.39, 0.29) is 18.0 Å². The highest BCUT2D eigenvalue weighted by molar-refractivity contribution is 5.93. The van der Waals surface area contributed by atoms with Crippen LogP contribution in [0.4, 0.5) is 5.69 Å². The molecule has 0 fully saturated rings. The predicted octanol–water partition coefficient (Wildman–Crippen LogP) is 1.84. The highest BCUT2D eigenvalue weighted by Gasteiger charge is 2.16. The first-order valence-corrected chi connectivity index (χ1v) is 7.38. The molecule has 0 aliphatic heterocycles. The summed E-state index contributed by atoms with van der Waals surface area (Å²) in [6.45, 7) is 2.26. The van der Waals surface area contributed by atoms with E-state index in [9.17, 15) is 9.59 Å². The van der Waals surface area contributed by atoms with Gasteiger partial charge in [-0.25, -0.2) is 4.68 Å². The Morgan fingerprint density at radius 1 is 1.09 bits per heavy atom. The number of rotatable bonds is 4. The number of nitrogens with zero attached hydrogens (tertiary/aromatic N) is 4. The molecule has 0 atom stereocenters. The average molecular weight is 308 g/mol. The number of hydrogen-bond acceptors (Lipinski definition) is 4. The fourth-order valence-electron chi connectivity index (χ4n) is 2.45. The van der Waals surface area contributed by atoms with Crippen LogP contribution in [0.3, 0.4) is 0 Å². The first-order valence-electron chi connectivity index (χ1n) is 7.38. The van der Waals surface area contributed by atoms with Crippen molar-refractivity contribution in [3.63, 3.8) is 0 Å². The Morgan fingerprint density at radius 2 is 1.78 bits per heavy atom. The second-order valence-corrected chi connectivity index (χ2v) is 5.04. The van der Waals surface area contributed by atoms with Crippen LogP contribution in [0.2, 0.25) is 0 Å². The van der Waals surface area contributed by atoms with Crippen molar-refractivity contribution >= 4 is 22.5 Å². The van der Waals surface area contributed by atoms with E-state index in [4.69, 9.17) is 0 Å². The molecule has 0 spiro atoms. The van der Waals surface area contributed by atoms with Crippen LogP contribution in [0, 0.1) is 0 Å². The lowest BCUT2D eigenvalue weighted by Gasteiger charge is -2.21. The molecule has 0 aliphatic carbocycles. The molecule has 1 heterocycles. The van der Waals surface area contributed by atoms with E-state index in [1.807, 2.05) is 37.3 Å². The number of fused-ring (bicyclic) bond motifs is 1. The Morgan fingerprint density at radius 3 is 2.52 bits per heavy atom. The van der Waals surface area contributed by atoms with Gasteiger partial charge in [-0.05, 0) is 31.2 Å². The molecule has 116 valence electrons. The summed E-state index contributed by atoms with van der Waals surface area (Å²) in [5.41, 5.74) is 1.01. The van der Waals surface area contributed by atoms with Crippen molar-refractivity contribution in [2.24, 2.45) is 0 Å². The first-order chi connectivity index (χ1) is 11.2. The minimum Gasteiger partial charge on any atom is -0.311 e. The molecule has 0 unspecified atom stereocenters. The zero-order valence-electron chi connectivity index (χ0n) is 12.7. The van der Waals surface area contributed by atoms with Crippen molar-refractivity contribution in [3.8, 4) is 0 Å². The maximum absolute atomic E-state index is 12.5. The largest absolute Gasteiger partial charge is 0.311 e. The maximum atomic E-state index is 12.5. The molecule has 0 saturated carbocycles. The van der Waals surface area contributed by atoms with Gasteiger partial charge in [-0.3, -0.25) is 9.59 Å². The van der Waals surface area contributed by atoms with Gasteiger partial charge in [0.05, 0.1) is 5.39 Å². The van der Waals surface area contributed by atoms with E-state index in [2.05, 4.69) is 10.3 Å². The molecule has 1 aromatic heterocycles. The first kappa shape index (κ1) is 14.9. The van der Waals surface area contributed by atoms with Crippen molar-refractivity contribution in [1.29, 1.82) is 0 Å². The predicted molar refractivity (Wildman–Crippen MR) is 88.3 cm³/mol. The summed E-state index contributed by atoms with van der Waals surface area (Å²) >= 11 is 0. The Balaban J connectivity index is 1.91. The standard InChI is InChI=1S/C17H16N4O2/c1-2-20(13-8-4-3-5-9-13)16(22)12-21-17(23)14-10-6-7-11-15(14)18-19-21/h3-11H,2,12H2,1H3. The monoisotopic (exact) mass is 308 g/mol. The Kier molecular flexibility index (Phi) is 4.14. The van der Waals surface area contributed by atoms with Gasteiger partial charge in [-0.1, -0.05) is 35.5 Å². The van der Waals surface area contributed by atoms with Crippen LogP contribution in [-0.2, 0) is 11.3 Å². The molecule has 0 radical (unpaired) electrons. The van der Waals surface area contributed by atoms with Gasteiger partial charge in [-0.15, -0.1) is 5.10 Å². The van der Waals surface area contributed by atoms with Gasteiger partial charge in [0.1, 0.15) is 12.1 Å². The van der Waals surface area contributed by atoms with Crippen LogP contribution < -0.4 is 10.5 Å². The van der Waals surface area contributed by atoms with Crippen molar-refractivity contribution < 1.29 is 4.79 Å². The van der Waals surface area contributed by atoms with Crippen LogP contribution in [0.15, 0.2) is 59.4 Å². The normalized spacial score (nSPS) is 10.7. The molecular weight excluding hydrogens is 292 g/mol. The van der Waals surface area contributed by atoms with Gasteiger partial charge < -0.3 is 4.90 Å². The topological polar surface area (TPSA) is 68.1 Å². The van der Waals surface area contributed by atoms with E-state index < -0.39 is 0 Å². The van der Waals surface area contributed by atoms with Crippen LogP contribution in [0.1, 0.15) is 6.92 Å². The lowest BCUT2D eigenvalue weighted by Crippen LogP contribution is -2.37. The van der Waals surface area contributed by atoms with Crippen molar-refractivity contribution in [2.75, 3.05) is 11.4 Å². The highest BCUT2D eigenvalue weighted by atomic mass is 16.2. The Bertz CT molecular complexity index is 890. The lowest BCUT2D eigenvalue weighted by atomic mass is 10.2. The van der Waals surface area contributed by atoms with Crippen LogP contribution in [-0.4, -0.2) is 27.4 Å². The Hall–Kier alpha value is -3.02. The van der Waals surface area contributed by atoms with Crippen molar-refractivity contribution in [1.82, 2.24) is 15.0 Å². The number of carbonyl (C=O) groups excluding carboxylic acids is 1. The molecule has 0 saturated heterocycles. The fourth-order valence-corrected chi connectivity index (χ4v) is 2.45. The quantitative estimate of drug-likeness (QED) is 0.737. The minimum atomic E-state index is -0.312. The molecule has 3 rings (SSSR count). The summed E-state index contributed by atoms with van der Waals surface area (Å²) in [5.74, 6) is -0.203. The zero-order valence-corrected chi connectivity index (χ0v) is 12.7. The summed E-state index contributed by atoms with van der Waals surface area (Å²) in [4.78, 5) is 26.5. The van der Waals surface area contributed by atoms with E-state index in [0.29, 0.717) is 17.4 Å². The number of likely N-dealkylation sites (N-methyl/N-ethyl adjacent to an activating group) is 1. The lowest BCUT2D eigenvalue weighted by molar-refractivity contribution is -0.119. The number of anilines is 1. The Labute approximate surface area is 133 Å². The molecule has 1 amide bonds. The summed E-state index contributed by atoms with van der Waals surface area (Å²) < 4.78 is 1.11. The van der Waals surface area contributed by atoms with Gasteiger partial charge in [0.15, 0.2) is 0 Å². The van der Waals surface area contributed by atoms with Gasteiger partial charge in [0.25, 0.3) is 5.56 Å². The molecule has 0 N–H and O–H groups in total. The minimum absolute atomic E-state index is 0.139. The van der Waals surface area contributed by atoms with Gasteiger partial charge in [0.2, 0.25) is 5.91 Å². The van der Waals surface area contributed by atoms with Crippen molar-refractivity contribution in [2.45, 2.75) is 13.5 Å². The van der Waals surface area contributed by atoms with Gasteiger partial charge in [-0.2, -0.15) is 0 Å². The third-order valence-electron chi connectivity index (χ3n) is 3.60. The number of aromatic nitrogens is 3. The van der Waals surface area contributed by atoms with Gasteiger partial charge >= 0.3 is 0 Å². The van der Waals surface area contributed by atoms with Crippen LogP contribution in [0.25, 0.3) is 10.9 Å².